The highest BCUT2D eigenvalue weighted by molar-refractivity contribution is 7.92. The fourth-order valence-corrected chi connectivity index (χ4v) is 5.25. The third-order valence-electron chi connectivity index (χ3n) is 6.15. The van der Waals surface area contributed by atoms with Gasteiger partial charge in [-0.25, -0.2) is 8.42 Å². The molecule has 0 aliphatic heterocycles. The number of Topliss-reactive ketones (excluding diaryl/α,β-unsaturated/α-hetero) is 1. The van der Waals surface area contributed by atoms with Gasteiger partial charge in [0.2, 0.25) is 0 Å². The number of ketones is 1. The van der Waals surface area contributed by atoms with Gasteiger partial charge < -0.3 is 4.74 Å². The van der Waals surface area contributed by atoms with Gasteiger partial charge in [0, 0.05) is 12.3 Å². The summed E-state index contributed by atoms with van der Waals surface area (Å²) in [5.41, 5.74) is 1.01. The van der Waals surface area contributed by atoms with E-state index in [9.17, 15) is 13.2 Å². The zero-order valence-electron chi connectivity index (χ0n) is 17.4. The monoisotopic (exact) mass is 406 g/mol. The molecule has 0 atom stereocenters. The maximum atomic E-state index is 12.7. The van der Waals surface area contributed by atoms with Gasteiger partial charge >= 0.3 is 0 Å². The molecular weight excluding hydrogens is 372 g/mol. The normalized spacial score (nSPS) is 23.4. The Kier molecular flexibility index (Phi) is 6.53. The molecule has 2 saturated carbocycles. The molecule has 1 aromatic rings. The Morgan fingerprint density at radius 1 is 1.04 bits per heavy atom. The van der Waals surface area contributed by atoms with Gasteiger partial charge in [0.25, 0.3) is 0 Å². The molecule has 156 valence electrons. The summed E-state index contributed by atoms with van der Waals surface area (Å²) < 4.78 is 30.0. The number of carbonyl (C=O) groups is 1. The lowest BCUT2D eigenvalue weighted by molar-refractivity contribution is -0.123. The van der Waals surface area contributed by atoms with Gasteiger partial charge in [-0.1, -0.05) is 12.1 Å². The molecule has 0 spiro atoms. The van der Waals surface area contributed by atoms with Crippen LogP contribution in [-0.2, 0) is 21.1 Å². The molecule has 0 aromatic heterocycles. The minimum Gasteiger partial charge on any atom is -0.493 e. The Labute approximate surface area is 170 Å². The van der Waals surface area contributed by atoms with Crippen LogP contribution in [-0.4, -0.2) is 31.3 Å². The predicted octanol–water partition coefficient (Wildman–Crippen LogP) is 4.61. The van der Waals surface area contributed by atoms with Crippen molar-refractivity contribution in [3.05, 3.63) is 29.8 Å². The fourth-order valence-electron chi connectivity index (χ4n) is 3.80. The first-order valence-electron chi connectivity index (χ1n) is 10.6. The summed E-state index contributed by atoms with van der Waals surface area (Å²) in [6, 6.07) is 7.89. The van der Waals surface area contributed by atoms with E-state index >= 15 is 0 Å². The molecule has 2 aliphatic carbocycles. The minimum absolute atomic E-state index is 0.0598. The molecule has 0 unspecified atom stereocenters. The molecule has 0 radical (unpaired) electrons. The summed E-state index contributed by atoms with van der Waals surface area (Å²) >= 11 is 0. The van der Waals surface area contributed by atoms with Crippen molar-refractivity contribution >= 4 is 15.6 Å². The molecular formula is C23H34O4S. The highest BCUT2D eigenvalue weighted by atomic mass is 32.2. The van der Waals surface area contributed by atoms with E-state index < -0.39 is 14.6 Å². The summed E-state index contributed by atoms with van der Waals surface area (Å²) in [6.45, 7) is 6.07. The van der Waals surface area contributed by atoms with E-state index in [1.807, 2.05) is 24.3 Å². The highest BCUT2D eigenvalue weighted by Gasteiger charge is 2.34. The van der Waals surface area contributed by atoms with Crippen LogP contribution in [0.15, 0.2) is 24.3 Å². The van der Waals surface area contributed by atoms with Crippen molar-refractivity contribution in [2.45, 2.75) is 70.5 Å². The van der Waals surface area contributed by atoms with E-state index in [0.717, 1.165) is 43.6 Å². The maximum Gasteiger partial charge on any atom is 0.155 e. The molecule has 2 fully saturated rings. The predicted molar refractivity (Wildman–Crippen MR) is 112 cm³/mol. The zero-order chi connectivity index (χ0) is 20.4. The molecule has 5 heteroatoms. The number of rotatable bonds is 8. The Balaban J connectivity index is 1.48. The first kappa shape index (κ1) is 21.4. The number of hydrogen-bond acceptors (Lipinski definition) is 4. The molecule has 2 aliphatic rings. The van der Waals surface area contributed by atoms with Crippen molar-refractivity contribution in [1.82, 2.24) is 0 Å². The van der Waals surface area contributed by atoms with Crippen LogP contribution in [0.5, 0.6) is 5.75 Å². The van der Waals surface area contributed by atoms with Crippen molar-refractivity contribution in [1.29, 1.82) is 0 Å². The summed E-state index contributed by atoms with van der Waals surface area (Å²) in [7, 11) is -3.09. The largest absolute Gasteiger partial charge is 0.493 e. The van der Waals surface area contributed by atoms with Crippen LogP contribution in [0.1, 0.15) is 64.9 Å². The van der Waals surface area contributed by atoms with Crippen molar-refractivity contribution < 1.29 is 17.9 Å². The van der Waals surface area contributed by atoms with Crippen molar-refractivity contribution in [3.63, 3.8) is 0 Å². The van der Waals surface area contributed by atoms with Crippen molar-refractivity contribution in [2.75, 3.05) is 12.4 Å². The van der Waals surface area contributed by atoms with E-state index in [2.05, 4.69) is 0 Å². The van der Waals surface area contributed by atoms with Crippen molar-refractivity contribution in [2.24, 2.45) is 17.8 Å². The number of sulfone groups is 1. The maximum absolute atomic E-state index is 12.7. The smallest absolute Gasteiger partial charge is 0.155 e. The Bertz CT molecular complexity index is 779. The van der Waals surface area contributed by atoms with Crippen LogP contribution >= 0.6 is 0 Å². The Hall–Kier alpha value is -1.36. The first-order valence-corrected chi connectivity index (χ1v) is 12.3. The third kappa shape index (κ3) is 5.82. The van der Waals surface area contributed by atoms with E-state index in [-0.39, 0.29) is 23.4 Å². The highest BCUT2D eigenvalue weighted by Crippen LogP contribution is 2.33. The molecule has 0 heterocycles. The van der Waals surface area contributed by atoms with Crippen LogP contribution in [0, 0.1) is 17.8 Å². The van der Waals surface area contributed by atoms with Gasteiger partial charge in [0.1, 0.15) is 11.5 Å². The molecule has 4 nitrogen and oxygen atoms in total. The second-order valence-electron chi connectivity index (χ2n) is 9.66. The summed E-state index contributed by atoms with van der Waals surface area (Å²) in [5, 5.41) is 0. The second kappa shape index (κ2) is 8.56. The van der Waals surface area contributed by atoms with Gasteiger partial charge in [-0.15, -0.1) is 0 Å². The minimum atomic E-state index is -3.09. The van der Waals surface area contributed by atoms with E-state index in [4.69, 9.17) is 4.74 Å². The lowest BCUT2D eigenvalue weighted by Gasteiger charge is -2.30. The molecule has 0 amide bonds. The van der Waals surface area contributed by atoms with Crippen LogP contribution in [0.2, 0.25) is 0 Å². The summed E-state index contributed by atoms with van der Waals surface area (Å²) in [4.78, 5) is 12.7. The van der Waals surface area contributed by atoms with Gasteiger partial charge in [0.05, 0.1) is 17.1 Å². The second-order valence-corrected chi connectivity index (χ2v) is 12.4. The Morgan fingerprint density at radius 2 is 1.68 bits per heavy atom. The average molecular weight is 407 g/mol. The molecule has 1 aromatic carbocycles. The van der Waals surface area contributed by atoms with Gasteiger partial charge in [0.15, 0.2) is 9.84 Å². The standard InChI is InChI=1S/C23H34O4S/c1-23(2,3)28(25,26)16-18-9-11-20(12-10-18)22(24)14-19-5-4-6-21(13-19)27-15-17-7-8-17/h4-6,13,17-18,20H,7-12,14-16H2,1-3H3. The Morgan fingerprint density at radius 3 is 2.29 bits per heavy atom. The van der Waals surface area contributed by atoms with Gasteiger partial charge in [-0.05, 0) is 88.8 Å². The summed E-state index contributed by atoms with van der Waals surface area (Å²) in [6.07, 6.45) is 6.24. The third-order valence-corrected chi connectivity index (χ3v) is 8.93. The molecule has 28 heavy (non-hydrogen) atoms. The molecule has 0 N–H and O–H groups in total. The van der Waals surface area contributed by atoms with Gasteiger partial charge in [-0.3, -0.25) is 4.79 Å². The summed E-state index contributed by atoms with van der Waals surface area (Å²) in [5.74, 6) is 2.34. The lowest BCUT2D eigenvalue weighted by atomic mass is 9.79. The SMILES string of the molecule is CC(C)(C)S(=O)(=O)CC1CCC(C(=O)Cc2cccc(OCC3CC3)c2)CC1. The van der Waals surface area contributed by atoms with Gasteiger partial charge in [-0.2, -0.15) is 0 Å². The van der Waals surface area contributed by atoms with Crippen LogP contribution < -0.4 is 4.74 Å². The van der Waals surface area contributed by atoms with Crippen LogP contribution in [0.4, 0.5) is 0 Å². The van der Waals surface area contributed by atoms with E-state index in [0.29, 0.717) is 12.3 Å². The molecule has 0 saturated heterocycles. The molecule has 3 rings (SSSR count). The van der Waals surface area contributed by atoms with Crippen LogP contribution in [0.3, 0.4) is 0 Å². The van der Waals surface area contributed by atoms with E-state index in [1.54, 1.807) is 20.8 Å². The number of carbonyl (C=O) groups excluding carboxylic acids is 1. The zero-order valence-corrected chi connectivity index (χ0v) is 18.3. The average Bonchev–Trinajstić information content (AvgIpc) is 3.44. The number of hydrogen-bond donors (Lipinski definition) is 0. The molecule has 0 bridgehead atoms. The first-order chi connectivity index (χ1) is 13.1. The van der Waals surface area contributed by atoms with Crippen LogP contribution in [0.25, 0.3) is 0 Å². The number of benzene rings is 1. The fraction of sp³-hybridized carbons (Fsp3) is 0.696. The topological polar surface area (TPSA) is 60.4 Å². The van der Waals surface area contributed by atoms with E-state index in [1.165, 1.54) is 12.8 Å². The number of ether oxygens (including phenoxy) is 1. The van der Waals surface area contributed by atoms with Crippen molar-refractivity contribution in [3.8, 4) is 5.75 Å². The quantitative estimate of drug-likeness (QED) is 0.633. The lowest BCUT2D eigenvalue weighted by Crippen LogP contribution is -2.35.